The minimum atomic E-state index is -3.22. The van der Waals surface area contributed by atoms with Crippen molar-refractivity contribution in [2.45, 2.75) is 19.8 Å². The topological polar surface area (TPSA) is 90.5 Å². The molecule has 0 spiro atoms. The van der Waals surface area contributed by atoms with E-state index in [0.717, 1.165) is 12.3 Å². The molecule has 4 aromatic heterocycles. The highest BCUT2D eigenvalue weighted by Gasteiger charge is 2.30. The molecular formula is C19H17F2N7O. The number of hydrogen-bond donors (Lipinski definition) is 1. The van der Waals surface area contributed by atoms with E-state index in [-0.39, 0.29) is 11.7 Å². The van der Waals surface area contributed by atoms with E-state index >= 15 is 0 Å². The highest BCUT2D eigenvalue weighted by atomic mass is 19.3. The summed E-state index contributed by atoms with van der Waals surface area (Å²) in [4.78, 5) is 23.6. The lowest BCUT2D eigenvalue weighted by molar-refractivity contribution is -0.114. The molecule has 10 heteroatoms. The maximum absolute atomic E-state index is 14.1. The van der Waals surface area contributed by atoms with Crippen molar-refractivity contribution in [2.24, 2.45) is 7.05 Å². The number of nitrogens with one attached hydrogen (secondary N) is 1. The van der Waals surface area contributed by atoms with E-state index in [0.29, 0.717) is 22.6 Å². The molecule has 0 saturated carbocycles. The number of pyridine rings is 1. The summed E-state index contributed by atoms with van der Waals surface area (Å²) in [5.74, 6) is -3.45. The number of carbonyl (C=O) groups excluding carboxylic acids is 1. The Kier molecular flexibility index (Phi) is 4.33. The van der Waals surface area contributed by atoms with Crippen molar-refractivity contribution in [3.8, 4) is 17.1 Å². The van der Waals surface area contributed by atoms with Crippen molar-refractivity contribution in [1.82, 2.24) is 29.3 Å². The molecule has 0 fully saturated rings. The van der Waals surface area contributed by atoms with E-state index in [1.54, 1.807) is 59.3 Å². The highest BCUT2D eigenvalue weighted by Crippen LogP contribution is 2.29. The van der Waals surface area contributed by atoms with E-state index < -0.39 is 11.7 Å². The summed E-state index contributed by atoms with van der Waals surface area (Å²) in [6, 6.07) is 5.06. The van der Waals surface area contributed by atoms with Gasteiger partial charge in [-0.3, -0.25) is 9.48 Å². The molecule has 0 bridgehead atoms. The van der Waals surface area contributed by atoms with E-state index in [2.05, 4.69) is 25.4 Å². The third kappa shape index (κ3) is 3.68. The number of alkyl halides is 2. The van der Waals surface area contributed by atoms with Gasteiger partial charge in [0.25, 0.3) is 0 Å². The number of anilines is 1. The second kappa shape index (κ2) is 6.73. The summed E-state index contributed by atoms with van der Waals surface area (Å²) in [5.41, 5.74) is 1.58. The third-order valence-electron chi connectivity index (χ3n) is 4.23. The molecule has 0 unspecified atom stereocenters. The van der Waals surface area contributed by atoms with Crippen molar-refractivity contribution in [1.29, 1.82) is 0 Å². The smallest absolute Gasteiger partial charge is 0.303 e. The second-order valence-electron chi connectivity index (χ2n) is 6.72. The molecule has 0 aliphatic heterocycles. The zero-order valence-electron chi connectivity index (χ0n) is 15.9. The van der Waals surface area contributed by atoms with Gasteiger partial charge in [-0.15, -0.1) is 0 Å². The van der Waals surface area contributed by atoms with Crippen LogP contribution in [-0.4, -0.2) is 35.2 Å². The van der Waals surface area contributed by atoms with Gasteiger partial charge >= 0.3 is 5.92 Å². The summed E-state index contributed by atoms with van der Waals surface area (Å²) in [6.45, 7) is 2.14. The Balaban J connectivity index is 1.91. The fourth-order valence-electron chi connectivity index (χ4n) is 2.93. The average molecular weight is 397 g/mol. The Morgan fingerprint density at radius 3 is 2.66 bits per heavy atom. The molecule has 4 heterocycles. The Morgan fingerprint density at radius 1 is 1.21 bits per heavy atom. The maximum Gasteiger partial charge on any atom is 0.303 e. The van der Waals surface area contributed by atoms with Gasteiger partial charge in [-0.2, -0.15) is 13.9 Å². The van der Waals surface area contributed by atoms with E-state index in [1.165, 1.54) is 6.92 Å². The summed E-state index contributed by atoms with van der Waals surface area (Å²) in [5, 5.41) is 7.46. The van der Waals surface area contributed by atoms with E-state index in [1.807, 2.05) is 0 Å². The number of halogens is 2. The standard InChI is InChI=1S/C19H17F2N7O/c1-11(29)24-16-7-15-12(8-22-16)4-5-28(15)17-6-14(13-9-23-27(3)10-13)25-18(26-17)19(2,20)21/h4-10H,1-3H3,(H,22,24,29). The quantitative estimate of drug-likeness (QED) is 0.571. The number of aromatic nitrogens is 6. The van der Waals surface area contributed by atoms with Crippen LogP contribution in [0, 0.1) is 0 Å². The number of amides is 1. The van der Waals surface area contributed by atoms with Crippen molar-refractivity contribution in [2.75, 3.05) is 5.32 Å². The number of nitrogens with zero attached hydrogens (tertiary/aromatic N) is 6. The molecule has 0 atom stereocenters. The van der Waals surface area contributed by atoms with Crippen LogP contribution in [0.3, 0.4) is 0 Å². The van der Waals surface area contributed by atoms with Crippen molar-refractivity contribution in [3.63, 3.8) is 0 Å². The molecule has 8 nitrogen and oxygen atoms in total. The number of hydrogen-bond acceptors (Lipinski definition) is 5. The van der Waals surface area contributed by atoms with Gasteiger partial charge in [0, 0.05) is 62.6 Å². The molecule has 0 aliphatic carbocycles. The van der Waals surface area contributed by atoms with Crippen LogP contribution in [0.2, 0.25) is 0 Å². The lowest BCUT2D eigenvalue weighted by Crippen LogP contribution is -2.15. The fourth-order valence-corrected chi connectivity index (χ4v) is 2.93. The van der Waals surface area contributed by atoms with E-state index in [4.69, 9.17) is 0 Å². The van der Waals surface area contributed by atoms with Gasteiger partial charge in [0.05, 0.1) is 17.4 Å². The number of rotatable bonds is 4. The van der Waals surface area contributed by atoms with Crippen LogP contribution >= 0.6 is 0 Å². The highest BCUT2D eigenvalue weighted by molar-refractivity contribution is 5.91. The molecule has 4 rings (SSSR count). The van der Waals surface area contributed by atoms with Crippen LogP contribution in [0.1, 0.15) is 19.7 Å². The first-order chi connectivity index (χ1) is 13.7. The van der Waals surface area contributed by atoms with Gasteiger partial charge in [-0.25, -0.2) is 15.0 Å². The third-order valence-corrected chi connectivity index (χ3v) is 4.23. The Hall–Kier alpha value is -3.69. The molecule has 0 saturated heterocycles. The molecule has 148 valence electrons. The van der Waals surface area contributed by atoms with Crippen molar-refractivity contribution < 1.29 is 13.6 Å². The summed E-state index contributed by atoms with van der Waals surface area (Å²) < 4.78 is 31.4. The molecular weight excluding hydrogens is 380 g/mol. The number of aryl methyl sites for hydroxylation is 1. The van der Waals surface area contributed by atoms with Crippen molar-refractivity contribution in [3.05, 3.63) is 48.8 Å². The second-order valence-corrected chi connectivity index (χ2v) is 6.72. The molecule has 0 aromatic carbocycles. The van der Waals surface area contributed by atoms with Gasteiger partial charge in [0.1, 0.15) is 11.6 Å². The van der Waals surface area contributed by atoms with Gasteiger partial charge in [-0.1, -0.05) is 0 Å². The molecule has 0 aliphatic rings. The van der Waals surface area contributed by atoms with Gasteiger partial charge < -0.3 is 9.88 Å². The number of carbonyl (C=O) groups is 1. The summed E-state index contributed by atoms with van der Waals surface area (Å²) >= 11 is 0. The van der Waals surface area contributed by atoms with Crippen LogP contribution < -0.4 is 5.32 Å². The van der Waals surface area contributed by atoms with E-state index in [9.17, 15) is 13.6 Å². The Labute approximate surface area is 164 Å². The predicted octanol–water partition coefficient (Wildman–Crippen LogP) is 3.29. The monoisotopic (exact) mass is 397 g/mol. The van der Waals surface area contributed by atoms with Gasteiger partial charge in [-0.05, 0) is 6.07 Å². The molecule has 1 N–H and O–H groups in total. The molecule has 1 amide bonds. The lowest BCUT2D eigenvalue weighted by atomic mass is 10.2. The van der Waals surface area contributed by atoms with Crippen LogP contribution in [-0.2, 0) is 17.8 Å². The first kappa shape index (κ1) is 18.7. The van der Waals surface area contributed by atoms with Crippen LogP contribution in [0.15, 0.2) is 43.0 Å². The van der Waals surface area contributed by atoms with Gasteiger partial charge in [0.2, 0.25) is 11.7 Å². The Morgan fingerprint density at radius 2 is 2.00 bits per heavy atom. The maximum atomic E-state index is 14.1. The largest absolute Gasteiger partial charge is 0.311 e. The Bertz CT molecular complexity index is 1220. The summed E-state index contributed by atoms with van der Waals surface area (Å²) in [7, 11) is 1.73. The first-order valence-electron chi connectivity index (χ1n) is 8.72. The predicted molar refractivity (Wildman–Crippen MR) is 103 cm³/mol. The minimum Gasteiger partial charge on any atom is -0.311 e. The molecule has 0 radical (unpaired) electrons. The average Bonchev–Trinajstić information content (AvgIpc) is 3.26. The van der Waals surface area contributed by atoms with Crippen LogP contribution in [0.5, 0.6) is 0 Å². The molecule has 4 aromatic rings. The normalized spacial score (nSPS) is 11.8. The summed E-state index contributed by atoms with van der Waals surface area (Å²) in [6.07, 6.45) is 6.54. The zero-order chi connectivity index (χ0) is 20.8. The fraction of sp³-hybridized carbons (Fsp3) is 0.211. The first-order valence-corrected chi connectivity index (χ1v) is 8.72. The zero-order valence-corrected chi connectivity index (χ0v) is 15.9. The SMILES string of the molecule is CC(=O)Nc1cc2c(ccn2-c2cc(-c3cnn(C)c3)nc(C(C)(F)F)n2)cn1. The lowest BCUT2D eigenvalue weighted by Gasteiger charge is -2.13. The van der Waals surface area contributed by atoms with Crippen molar-refractivity contribution >= 4 is 22.6 Å². The van der Waals surface area contributed by atoms with Crippen LogP contribution in [0.4, 0.5) is 14.6 Å². The minimum absolute atomic E-state index is 0.260. The van der Waals surface area contributed by atoms with Gasteiger partial charge in [0.15, 0.2) is 0 Å². The van der Waals surface area contributed by atoms with Crippen LogP contribution in [0.25, 0.3) is 28.0 Å². The number of fused-ring (bicyclic) bond motifs is 1. The molecule has 29 heavy (non-hydrogen) atoms.